The summed E-state index contributed by atoms with van der Waals surface area (Å²) in [5.74, 6) is 0.657. The fourth-order valence-corrected chi connectivity index (χ4v) is 4.99. The fourth-order valence-electron chi connectivity index (χ4n) is 4.63. The number of nitrogens with one attached hydrogen (secondary N) is 2. The number of para-hydroxylation sites is 1. The number of halogens is 1. The third-order valence-electron chi connectivity index (χ3n) is 6.38. The Balaban J connectivity index is 1.42. The number of benzene rings is 2. The third-order valence-corrected chi connectivity index (χ3v) is 6.87. The van der Waals surface area contributed by atoms with E-state index in [0.717, 1.165) is 21.1 Å². The van der Waals surface area contributed by atoms with Crippen LogP contribution >= 0.6 is 15.9 Å². The first-order chi connectivity index (χ1) is 16.5. The first-order valence-electron chi connectivity index (χ1n) is 11.4. The maximum Gasteiger partial charge on any atom is 0.439 e. The number of hydrogen-bond acceptors (Lipinski definition) is 5. The molecule has 0 spiro atoms. The van der Waals surface area contributed by atoms with Crippen LogP contribution in [0, 0.1) is 5.92 Å². The molecule has 1 aliphatic carbocycles. The second-order valence-electron chi connectivity index (χ2n) is 8.69. The van der Waals surface area contributed by atoms with Gasteiger partial charge < -0.3 is 14.6 Å². The molecule has 2 aromatic carbocycles. The summed E-state index contributed by atoms with van der Waals surface area (Å²) in [6, 6.07) is 13.0. The molecular formula is C25H25BrN4O4. The summed E-state index contributed by atoms with van der Waals surface area (Å²) in [6.45, 7) is 0.698. The van der Waals surface area contributed by atoms with E-state index in [2.05, 4.69) is 35.9 Å². The molecule has 0 aliphatic heterocycles. The van der Waals surface area contributed by atoms with E-state index in [-0.39, 0.29) is 11.7 Å². The number of ether oxygens (including phenoxy) is 1. The van der Waals surface area contributed by atoms with Crippen molar-refractivity contribution in [2.45, 2.75) is 32.1 Å². The average Bonchev–Trinajstić information content (AvgIpc) is 3.43. The van der Waals surface area contributed by atoms with Crippen LogP contribution in [0.25, 0.3) is 22.3 Å². The van der Waals surface area contributed by atoms with Gasteiger partial charge in [0, 0.05) is 22.5 Å². The molecule has 34 heavy (non-hydrogen) atoms. The van der Waals surface area contributed by atoms with Crippen LogP contribution in [0.2, 0.25) is 0 Å². The number of fused-ring (bicyclic) bond motifs is 1. The molecule has 2 heterocycles. The van der Waals surface area contributed by atoms with Crippen LogP contribution in [0.4, 0.5) is 5.69 Å². The van der Waals surface area contributed by atoms with Crippen molar-refractivity contribution in [2.24, 2.45) is 13.0 Å². The number of carbonyl (C=O) groups is 1. The Bertz CT molecular complexity index is 1400. The van der Waals surface area contributed by atoms with Gasteiger partial charge in [0.15, 0.2) is 5.82 Å². The minimum absolute atomic E-state index is 0.233. The van der Waals surface area contributed by atoms with E-state index >= 15 is 0 Å². The summed E-state index contributed by atoms with van der Waals surface area (Å²) in [4.78, 5) is 27.3. The minimum Gasteiger partial charge on any atom is -0.491 e. The molecule has 0 saturated heterocycles. The highest BCUT2D eigenvalue weighted by Crippen LogP contribution is 2.32. The lowest BCUT2D eigenvalue weighted by Gasteiger charge is -2.22. The number of amides is 1. The van der Waals surface area contributed by atoms with Gasteiger partial charge in [-0.05, 0) is 49.1 Å². The van der Waals surface area contributed by atoms with Crippen molar-refractivity contribution in [2.75, 3.05) is 11.9 Å². The van der Waals surface area contributed by atoms with E-state index in [1.807, 2.05) is 35.9 Å². The summed E-state index contributed by atoms with van der Waals surface area (Å²) in [6.07, 6.45) is 6.28. The number of aryl methyl sites for hydroxylation is 1. The molecule has 0 atom stereocenters. The molecular weight excluding hydrogens is 500 g/mol. The van der Waals surface area contributed by atoms with E-state index in [4.69, 9.17) is 4.74 Å². The molecule has 0 unspecified atom stereocenters. The van der Waals surface area contributed by atoms with Crippen molar-refractivity contribution in [3.8, 4) is 17.1 Å². The van der Waals surface area contributed by atoms with Crippen LogP contribution in [-0.2, 0) is 7.05 Å². The quantitative estimate of drug-likeness (QED) is 0.347. The van der Waals surface area contributed by atoms with Gasteiger partial charge in [-0.15, -0.1) is 0 Å². The number of anilines is 1. The zero-order valence-corrected chi connectivity index (χ0v) is 20.4. The summed E-state index contributed by atoms with van der Waals surface area (Å²) in [5, 5.41) is 7.63. The van der Waals surface area contributed by atoms with Crippen molar-refractivity contribution in [1.82, 2.24) is 14.7 Å². The second kappa shape index (κ2) is 9.50. The molecule has 2 aromatic heterocycles. The number of nitrogens with zero attached hydrogens (tertiary/aromatic N) is 2. The second-order valence-corrected chi connectivity index (χ2v) is 9.60. The van der Waals surface area contributed by atoms with Gasteiger partial charge in [0.1, 0.15) is 11.4 Å². The predicted octanol–water partition coefficient (Wildman–Crippen LogP) is 5.50. The number of H-pyrrole nitrogens is 1. The van der Waals surface area contributed by atoms with Gasteiger partial charge in [-0.3, -0.25) is 14.3 Å². The molecule has 0 radical (unpaired) electrons. The SMILES string of the molecule is Cn1c(C(=O)Nc2ccc(Br)cc2-c2noc(=O)[nH]2)cc2cccc(OCC3CCCCC3)c21. The zero-order chi connectivity index (χ0) is 23.7. The maximum absolute atomic E-state index is 13.3. The zero-order valence-electron chi connectivity index (χ0n) is 18.8. The number of aromatic amines is 1. The monoisotopic (exact) mass is 524 g/mol. The van der Waals surface area contributed by atoms with E-state index in [9.17, 15) is 9.59 Å². The molecule has 176 valence electrons. The first-order valence-corrected chi connectivity index (χ1v) is 12.2. The van der Waals surface area contributed by atoms with Crippen LogP contribution in [0.15, 0.2) is 56.3 Å². The third kappa shape index (κ3) is 4.52. The Morgan fingerprint density at radius 1 is 1.24 bits per heavy atom. The summed E-state index contributed by atoms with van der Waals surface area (Å²) < 4.78 is 13.5. The van der Waals surface area contributed by atoms with Gasteiger partial charge in [-0.1, -0.05) is 52.5 Å². The van der Waals surface area contributed by atoms with Gasteiger partial charge in [-0.2, -0.15) is 0 Å². The van der Waals surface area contributed by atoms with Crippen LogP contribution < -0.4 is 15.8 Å². The molecule has 2 N–H and O–H groups in total. The van der Waals surface area contributed by atoms with Crippen molar-refractivity contribution < 1.29 is 14.1 Å². The number of carbonyl (C=O) groups excluding carboxylic acids is 1. The lowest BCUT2D eigenvalue weighted by Crippen LogP contribution is -2.17. The summed E-state index contributed by atoms with van der Waals surface area (Å²) in [5.41, 5.74) is 2.41. The Kier molecular flexibility index (Phi) is 6.28. The Morgan fingerprint density at radius 3 is 2.82 bits per heavy atom. The lowest BCUT2D eigenvalue weighted by molar-refractivity contribution is 0.101. The molecule has 5 rings (SSSR count). The highest BCUT2D eigenvalue weighted by molar-refractivity contribution is 9.10. The maximum atomic E-state index is 13.3. The smallest absolute Gasteiger partial charge is 0.439 e. The molecule has 0 bridgehead atoms. The molecule has 1 fully saturated rings. The summed E-state index contributed by atoms with van der Waals surface area (Å²) >= 11 is 3.42. The molecule has 4 aromatic rings. The molecule has 1 aliphatic rings. The highest BCUT2D eigenvalue weighted by Gasteiger charge is 2.20. The van der Waals surface area contributed by atoms with E-state index in [1.54, 1.807) is 18.2 Å². The van der Waals surface area contributed by atoms with Crippen LogP contribution in [0.5, 0.6) is 5.75 Å². The van der Waals surface area contributed by atoms with E-state index in [1.165, 1.54) is 32.1 Å². The first kappa shape index (κ1) is 22.5. The van der Waals surface area contributed by atoms with Crippen LogP contribution in [0.3, 0.4) is 0 Å². The van der Waals surface area contributed by atoms with Gasteiger partial charge in [0.25, 0.3) is 5.91 Å². The van der Waals surface area contributed by atoms with Crippen molar-refractivity contribution >= 4 is 38.4 Å². The average molecular weight is 525 g/mol. The largest absolute Gasteiger partial charge is 0.491 e. The van der Waals surface area contributed by atoms with E-state index < -0.39 is 5.76 Å². The van der Waals surface area contributed by atoms with Crippen LogP contribution in [-0.4, -0.2) is 27.2 Å². The van der Waals surface area contributed by atoms with Crippen LogP contribution in [0.1, 0.15) is 42.6 Å². The van der Waals surface area contributed by atoms with Gasteiger partial charge in [0.05, 0.1) is 17.8 Å². The summed E-state index contributed by atoms with van der Waals surface area (Å²) in [7, 11) is 1.86. The lowest BCUT2D eigenvalue weighted by atomic mass is 9.90. The highest BCUT2D eigenvalue weighted by atomic mass is 79.9. The normalized spacial score (nSPS) is 14.4. The van der Waals surface area contributed by atoms with Crippen molar-refractivity contribution in [3.05, 3.63) is 63.2 Å². The number of rotatable bonds is 6. The molecule has 9 heteroatoms. The van der Waals surface area contributed by atoms with Gasteiger partial charge in [0.2, 0.25) is 0 Å². The predicted molar refractivity (Wildman–Crippen MR) is 133 cm³/mol. The number of aromatic nitrogens is 3. The Morgan fingerprint density at radius 2 is 2.06 bits per heavy atom. The number of hydrogen-bond donors (Lipinski definition) is 2. The Hall–Kier alpha value is -3.33. The molecule has 1 amide bonds. The van der Waals surface area contributed by atoms with Gasteiger partial charge >= 0.3 is 5.76 Å². The van der Waals surface area contributed by atoms with E-state index in [0.29, 0.717) is 29.5 Å². The fraction of sp³-hybridized carbons (Fsp3) is 0.320. The molecule has 8 nitrogen and oxygen atoms in total. The Labute approximate surface area is 204 Å². The standard InChI is InChI=1S/C25H25BrN4O4/c1-30-20(12-16-8-5-9-21(22(16)30)33-14-15-6-3-2-4-7-15)24(31)27-19-11-10-17(26)13-18(19)23-28-25(32)34-29-23/h5,8-13,15H,2-4,6-7,14H2,1H3,(H,27,31)(H,28,29,32). The molecule has 1 saturated carbocycles. The van der Waals surface area contributed by atoms with Crippen molar-refractivity contribution in [1.29, 1.82) is 0 Å². The topological polar surface area (TPSA) is 102 Å². The van der Waals surface area contributed by atoms with Gasteiger partial charge in [-0.25, -0.2) is 4.79 Å². The minimum atomic E-state index is -0.665. The van der Waals surface area contributed by atoms with Crippen molar-refractivity contribution in [3.63, 3.8) is 0 Å².